The minimum atomic E-state index is -0.216. The Bertz CT molecular complexity index is 867. The highest BCUT2D eigenvalue weighted by Gasteiger charge is 2.11. The molecule has 3 rings (SSSR count). The molecule has 8 heteroatoms. The third-order valence-corrected chi connectivity index (χ3v) is 4.23. The van der Waals surface area contributed by atoms with E-state index in [9.17, 15) is 4.79 Å². The zero-order valence-electron chi connectivity index (χ0n) is 12.8. The van der Waals surface area contributed by atoms with Crippen molar-refractivity contribution in [2.75, 3.05) is 11.6 Å². The van der Waals surface area contributed by atoms with Crippen molar-refractivity contribution in [3.63, 3.8) is 0 Å². The van der Waals surface area contributed by atoms with Gasteiger partial charge in [-0.1, -0.05) is 35.9 Å². The van der Waals surface area contributed by atoms with Crippen molar-refractivity contribution in [3.8, 4) is 11.4 Å². The number of rotatable bonds is 5. The van der Waals surface area contributed by atoms with Crippen LogP contribution in [0.25, 0.3) is 11.4 Å². The second kappa shape index (κ2) is 7.46. The molecule has 1 N–H and O–H groups in total. The van der Waals surface area contributed by atoms with Crippen molar-refractivity contribution in [2.24, 2.45) is 0 Å². The number of benzene rings is 2. The van der Waals surface area contributed by atoms with Crippen LogP contribution in [0.3, 0.4) is 0 Å². The summed E-state index contributed by atoms with van der Waals surface area (Å²) in [7, 11) is 0. The summed E-state index contributed by atoms with van der Waals surface area (Å²) in [6.45, 7) is -0.0176. The van der Waals surface area contributed by atoms with Crippen molar-refractivity contribution in [2.45, 2.75) is 11.4 Å². The van der Waals surface area contributed by atoms with Gasteiger partial charge in [0.1, 0.15) is 6.54 Å². The first kappa shape index (κ1) is 16.5. The Morgan fingerprint density at radius 2 is 2.08 bits per heavy atom. The van der Waals surface area contributed by atoms with E-state index < -0.39 is 0 Å². The topological polar surface area (TPSA) is 72.7 Å². The molecule has 2 aromatic carbocycles. The van der Waals surface area contributed by atoms with E-state index in [0.29, 0.717) is 10.8 Å². The lowest BCUT2D eigenvalue weighted by Gasteiger charge is -2.08. The summed E-state index contributed by atoms with van der Waals surface area (Å²) in [5, 5.41) is 15.5. The van der Waals surface area contributed by atoms with Crippen LogP contribution in [0.5, 0.6) is 0 Å². The van der Waals surface area contributed by atoms with Crippen LogP contribution in [0, 0.1) is 0 Å². The highest BCUT2D eigenvalue weighted by Crippen LogP contribution is 2.24. The largest absolute Gasteiger partial charge is 0.323 e. The fourth-order valence-corrected chi connectivity index (χ4v) is 2.86. The lowest BCUT2D eigenvalue weighted by atomic mass is 10.2. The monoisotopic (exact) mass is 359 g/mol. The zero-order chi connectivity index (χ0) is 16.9. The molecule has 0 saturated carbocycles. The Morgan fingerprint density at radius 3 is 2.88 bits per heavy atom. The molecular formula is C16H14ClN5OS. The minimum absolute atomic E-state index is 0.0176. The summed E-state index contributed by atoms with van der Waals surface area (Å²) in [6.07, 6.45) is 1.96. The van der Waals surface area contributed by atoms with E-state index in [-0.39, 0.29) is 12.5 Å². The molecule has 1 aromatic heterocycles. The molecule has 122 valence electrons. The number of hydrogen-bond acceptors (Lipinski definition) is 5. The van der Waals surface area contributed by atoms with Gasteiger partial charge in [-0.05, 0) is 35.7 Å². The summed E-state index contributed by atoms with van der Waals surface area (Å²) in [4.78, 5) is 14.4. The second-order valence-electron chi connectivity index (χ2n) is 4.90. The van der Waals surface area contributed by atoms with E-state index in [1.165, 1.54) is 4.80 Å². The highest BCUT2D eigenvalue weighted by molar-refractivity contribution is 7.98. The molecular weight excluding hydrogens is 346 g/mol. The first-order valence-electron chi connectivity index (χ1n) is 7.12. The summed E-state index contributed by atoms with van der Waals surface area (Å²) in [5.41, 5.74) is 1.52. The van der Waals surface area contributed by atoms with E-state index in [4.69, 9.17) is 11.6 Å². The lowest BCUT2D eigenvalue weighted by Crippen LogP contribution is -2.20. The van der Waals surface area contributed by atoms with Crippen molar-refractivity contribution >= 4 is 35.0 Å². The fourth-order valence-electron chi connectivity index (χ4n) is 2.12. The number of nitrogens with zero attached hydrogens (tertiary/aromatic N) is 4. The molecule has 0 aliphatic carbocycles. The van der Waals surface area contributed by atoms with E-state index in [2.05, 4.69) is 20.7 Å². The third kappa shape index (κ3) is 3.93. The van der Waals surface area contributed by atoms with Crippen LogP contribution in [0.2, 0.25) is 5.02 Å². The average molecular weight is 360 g/mol. The lowest BCUT2D eigenvalue weighted by molar-refractivity contribution is -0.117. The van der Waals surface area contributed by atoms with E-state index >= 15 is 0 Å². The molecule has 0 atom stereocenters. The van der Waals surface area contributed by atoms with Gasteiger partial charge in [0.2, 0.25) is 11.7 Å². The Morgan fingerprint density at radius 1 is 1.25 bits per heavy atom. The predicted molar refractivity (Wildman–Crippen MR) is 95.1 cm³/mol. The smallest absolute Gasteiger partial charge is 0.248 e. The number of hydrogen-bond donors (Lipinski definition) is 1. The molecule has 24 heavy (non-hydrogen) atoms. The van der Waals surface area contributed by atoms with Crippen LogP contribution in [0.1, 0.15) is 0 Å². The van der Waals surface area contributed by atoms with Crippen LogP contribution in [0.15, 0.2) is 53.4 Å². The molecule has 0 spiro atoms. The van der Waals surface area contributed by atoms with Gasteiger partial charge in [0, 0.05) is 15.5 Å². The van der Waals surface area contributed by atoms with Gasteiger partial charge < -0.3 is 5.32 Å². The standard InChI is InChI=1S/C16H14ClN5OS/c1-24-14-8-3-2-7-13(14)18-15(23)10-22-20-16(19-21-22)11-5-4-6-12(17)9-11/h2-9H,10H2,1H3,(H,18,23). The maximum Gasteiger partial charge on any atom is 0.248 e. The molecule has 3 aromatic rings. The van der Waals surface area contributed by atoms with E-state index in [1.807, 2.05) is 42.7 Å². The van der Waals surface area contributed by atoms with Crippen molar-refractivity contribution in [1.29, 1.82) is 0 Å². The number of thioether (sulfide) groups is 1. The normalized spacial score (nSPS) is 10.6. The molecule has 0 unspecified atom stereocenters. The Kier molecular flexibility index (Phi) is 5.12. The molecule has 0 aliphatic heterocycles. The van der Waals surface area contributed by atoms with Gasteiger partial charge in [0.15, 0.2) is 0 Å². The van der Waals surface area contributed by atoms with Crippen molar-refractivity contribution < 1.29 is 4.79 Å². The molecule has 6 nitrogen and oxygen atoms in total. The van der Waals surface area contributed by atoms with Gasteiger partial charge in [-0.2, -0.15) is 4.80 Å². The molecule has 0 bridgehead atoms. The van der Waals surface area contributed by atoms with Gasteiger partial charge in [-0.15, -0.1) is 22.0 Å². The molecule has 1 amide bonds. The summed E-state index contributed by atoms with van der Waals surface area (Å²) < 4.78 is 0. The second-order valence-corrected chi connectivity index (χ2v) is 6.19. The van der Waals surface area contributed by atoms with Crippen LogP contribution in [-0.4, -0.2) is 32.4 Å². The Labute approximate surface area is 148 Å². The van der Waals surface area contributed by atoms with Crippen molar-refractivity contribution in [1.82, 2.24) is 20.2 Å². The molecule has 0 saturated heterocycles. The third-order valence-electron chi connectivity index (χ3n) is 3.20. The van der Waals surface area contributed by atoms with Crippen LogP contribution in [-0.2, 0) is 11.3 Å². The van der Waals surface area contributed by atoms with Crippen molar-refractivity contribution in [3.05, 3.63) is 53.6 Å². The Hall–Kier alpha value is -2.38. The fraction of sp³-hybridized carbons (Fsp3) is 0.125. The maximum atomic E-state index is 12.2. The van der Waals surface area contributed by atoms with Gasteiger partial charge in [-0.3, -0.25) is 4.79 Å². The Balaban J connectivity index is 1.69. The average Bonchev–Trinajstić information content (AvgIpc) is 3.03. The number of nitrogens with one attached hydrogen (secondary N) is 1. The van der Waals surface area contributed by atoms with Crippen LogP contribution >= 0.6 is 23.4 Å². The first-order valence-corrected chi connectivity index (χ1v) is 8.72. The maximum absolute atomic E-state index is 12.2. The summed E-state index contributed by atoms with van der Waals surface area (Å²) in [6, 6.07) is 14.8. The number of amides is 1. The number of para-hydroxylation sites is 1. The highest BCUT2D eigenvalue weighted by atomic mass is 35.5. The van der Waals surface area contributed by atoms with Gasteiger partial charge in [0.05, 0.1) is 5.69 Å². The van der Waals surface area contributed by atoms with E-state index in [0.717, 1.165) is 16.1 Å². The summed E-state index contributed by atoms with van der Waals surface area (Å²) >= 11 is 7.52. The van der Waals surface area contributed by atoms with E-state index in [1.54, 1.807) is 23.9 Å². The van der Waals surface area contributed by atoms with Gasteiger partial charge >= 0.3 is 0 Å². The van der Waals surface area contributed by atoms with Crippen LogP contribution in [0.4, 0.5) is 5.69 Å². The van der Waals surface area contributed by atoms with Gasteiger partial charge in [-0.25, -0.2) is 0 Å². The minimum Gasteiger partial charge on any atom is -0.323 e. The predicted octanol–water partition coefficient (Wildman–Crippen LogP) is 3.35. The number of halogens is 1. The quantitative estimate of drug-likeness (QED) is 0.707. The summed E-state index contributed by atoms with van der Waals surface area (Å²) in [5.74, 6) is 0.210. The molecule has 0 aliphatic rings. The molecule has 1 heterocycles. The number of aromatic nitrogens is 4. The number of anilines is 1. The van der Waals surface area contributed by atoms with Gasteiger partial charge in [0.25, 0.3) is 0 Å². The molecule has 0 radical (unpaired) electrons. The number of carbonyl (C=O) groups excluding carboxylic acids is 1. The van der Waals surface area contributed by atoms with Crippen LogP contribution < -0.4 is 5.32 Å². The molecule has 0 fully saturated rings. The number of tetrazole rings is 1. The zero-order valence-corrected chi connectivity index (χ0v) is 14.4. The SMILES string of the molecule is CSc1ccccc1NC(=O)Cn1nnc(-c2cccc(Cl)c2)n1. The first-order chi connectivity index (χ1) is 11.7. The number of carbonyl (C=O) groups is 1.